The first-order valence-electron chi connectivity index (χ1n) is 9.47. The molecule has 1 saturated heterocycles. The predicted octanol–water partition coefficient (Wildman–Crippen LogP) is 3.36. The van der Waals surface area contributed by atoms with E-state index in [-0.39, 0.29) is 18.0 Å². The lowest BCUT2D eigenvalue weighted by molar-refractivity contribution is -0.201. The van der Waals surface area contributed by atoms with Gasteiger partial charge in [0.15, 0.2) is 5.79 Å². The van der Waals surface area contributed by atoms with Crippen molar-refractivity contribution in [1.82, 2.24) is 0 Å². The second kappa shape index (κ2) is 9.31. The maximum Gasteiger partial charge on any atom is 0.306 e. The van der Waals surface area contributed by atoms with Crippen molar-refractivity contribution in [3.8, 4) is 0 Å². The van der Waals surface area contributed by atoms with Crippen LogP contribution in [-0.4, -0.2) is 36.2 Å². The van der Waals surface area contributed by atoms with Crippen LogP contribution in [0.15, 0.2) is 42.5 Å². The number of hydrogen-bond donors (Lipinski definition) is 1. The molecule has 2 fully saturated rings. The maximum absolute atomic E-state index is 11.8. The number of carbonyl (C=O) groups excluding carboxylic acids is 1. The van der Waals surface area contributed by atoms with Gasteiger partial charge in [0.2, 0.25) is 0 Å². The molecule has 1 aromatic rings. The van der Waals surface area contributed by atoms with Crippen LogP contribution < -0.4 is 0 Å². The largest absolute Gasteiger partial charge is 0.461 e. The normalized spacial score (nSPS) is 25.0. The molecule has 2 aliphatic rings. The topological polar surface area (TPSA) is 65.0 Å². The molecule has 26 heavy (non-hydrogen) atoms. The lowest BCUT2D eigenvalue weighted by Crippen LogP contribution is -2.42. The Morgan fingerprint density at radius 2 is 2.00 bits per heavy atom. The summed E-state index contributed by atoms with van der Waals surface area (Å²) < 4.78 is 16.8. The zero-order valence-corrected chi connectivity index (χ0v) is 15.1. The van der Waals surface area contributed by atoms with Gasteiger partial charge in [0.05, 0.1) is 19.3 Å². The highest BCUT2D eigenvalue weighted by molar-refractivity contribution is 5.69. The Bertz CT molecular complexity index is 592. The molecule has 5 heteroatoms. The van der Waals surface area contributed by atoms with Crippen molar-refractivity contribution in [2.24, 2.45) is 5.92 Å². The zero-order chi connectivity index (χ0) is 18.2. The van der Waals surface area contributed by atoms with Gasteiger partial charge in [-0.2, -0.15) is 0 Å². The Kier molecular flexibility index (Phi) is 6.83. The molecule has 2 unspecified atom stereocenters. The fourth-order valence-electron chi connectivity index (χ4n) is 3.64. The third kappa shape index (κ3) is 5.40. The quantitative estimate of drug-likeness (QED) is 0.597. The van der Waals surface area contributed by atoms with E-state index in [1.807, 2.05) is 42.5 Å². The number of allylic oxidation sites excluding steroid dienone is 2. The van der Waals surface area contributed by atoms with Gasteiger partial charge >= 0.3 is 5.97 Å². The van der Waals surface area contributed by atoms with Crippen molar-refractivity contribution < 1.29 is 24.1 Å². The fraction of sp³-hybridized carbons (Fsp3) is 0.571. The van der Waals surface area contributed by atoms with Crippen LogP contribution >= 0.6 is 0 Å². The summed E-state index contributed by atoms with van der Waals surface area (Å²) in [5.74, 6) is -0.523. The third-order valence-electron chi connectivity index (χ3n) is 5.12. The van der Waals surface area contributed by atoms with Gasteiger partial charge in [-0.25, -0.2) is 0 Å². The minimum Gasteiger partial charge on any atom is -0.461 e. The van der Waals surface area contributed by atoms with Crippen LogP contribution in [0.4, 0.5) is 0 Å². The van der Waals surface area contributed by atoms with Crippen molar-refractivity contribution in [3.05, 3.63) is 48.0 Å². The highest BCUT2D eigenvalue weighted by Gasteiger charge is 2.44. The molecule has 3 rings (SSSR count). The van der Waals surface area contributed by atoms with E-state index in [2.05, 4.69) is 0 Å². The lowest BCUT2D eigenvalue weighted by Gasteiger charge is -2.38. The highest BCUT2D eigenvalue weighted by atomic mass is 16.7. The number of aliphatic hydroxyl groups excluding tert-OH is 1. The van der Waals surface area contributed by atoms with Gasteiger partial charge in [-0.15, -0.1) is 0 Å². The standard InChI is InChI=1S/C21H28O5/c22-19-11-12-21(25-13-14-26-21)15-18(19)9-5-2-6-10-20(23)24-16-17-7-3-1-4-8-17/h1-5,7-8,18-19,22H,6,9-16H2/b5-2+. The van der Waals surface area contributed by atoms with Gasteiger partial charge in [0.1, 0.15) is 6.61 Å². The number of rotatable bonds is 7. The van der Waals surface area contributed by atoms with Crippen LogP contribution in [0.2, 0.25) is 0 Å². The lowest BCUT2D eigenvalue weighted by atomic mass is 9.80. The number of esters is 1. The van der Waals surface area contributed by atoms with E-state index in [4.69, 9.17) is 14.2 Å². The molecule has 2 atom stereocenters. The first kappa shape index (κ1) is 19.1. The molecular formula is C21H28O5. The summed E-state index contributed by atoms with van der Waals surface area (Å²) in [6, 6.07) is 9.67. The summed E-state index contributed by atoms with van der Waals surface area (Å²) in [5.41, 5.74) is 0.993. The number of benzene rings is 1. The SMILES string of the molecule is O=C(CC/C=C/CC1CC2(CCC1O)OCCO2)OCc1ccccc1. The summed E-state index contributed by atoms with van der Waals surface area (Å²) in [4.78, 5) is 11.8. The van der Waals surface area contributed by atoms with Crippen molar-refractivity contribution in [1.29, 1.82) is 0 Å². The zero-order valence-electron chi connectivity index (χ0n) is 15.1. The Hall–Kier alpha value is -1.69. The Morgan fingerprint density at radius 1 is 1.23 bits per heavy atom. The van der Waals surface area contributed by atoms with E-state index >= 15 is 0 Å². The van der Waals surface area contributed by atoms with Crippen molar-refractivity contribution in [2.75, 3.05) is 13.2 Å². The van der Waals surface area contributed by atoms with E-state index in [9.17, 15) is 9.90 Å². The van der Waals surface area contributed by atoms with Gasteiger partial charge < -0.3 is 19.3 Å². The predicted molar refractivity (Wildman–Crippen MR) is 97.2 cm³/mol. The van der Waals surface area contributed by atoms with Crippen LogP contribution in [0.5, 0.6) is 0 Å². The average molecular weight is 360 g/mol. The monoisotopic (exact) mass is 360 g/mol. The molecule has 0 aromatic heterocycles. The number of carbonyl (C=O) groups is 1. The first-order chi connectivity index (χ1) is 12.7. The minimum atomic E-state index is -0.473. The van der Waals surface area contributed by atoms with Crippen LogP contribution in [0, 0.1) is 5.92 Å². The molecule has 0 amide bonds. The van der Waals surface area contributed by atoms with E-state index in [0.29, 0.717) is 39.1 Å². The first-order valence-corrected chi connectivity index (χ1v) is 9.47. The molecule has 5 nitrogen and oxygen atoms in total. The maximum atomic E-state index is 11.8. The van der Waals surface area contributed by atoms with Gasteiger partial charge in [-0.3, -0.25) is 4.79 Å². The van der Waals surface area contributed by atoms with E-state index in [0.717, 1.165) is 24.8 Å². The highest BCUT2D eigenvalue weighted by Crippen LogP contribution is 2.40. The van der Waals surface area contributed by atoms with Crippen LogP contribution in [0.25, 0.3) is 0 Å². The Balaban J connectivity index is 1.34. The molecule has 0 radical (unpaired) electrons. The number of ether oxygens (including phenoxy) is 3. The minimum absolute atomic E-state index is 0.142. The molecule has 1 aromatic carbocycles. The Morgan fingerprint density at radius 3 is 2.77 bits per heavy atom. The van der Waals surface area contributed by atoms with E-state index in [1.165, 1.54) is 0 Å². The molecular weight excluding hydrogens is 332 g/mol. The van der Waals surface area contributed by atoms with Crippen LogP contribution in [0.1, 0.15) is 44.1 Å². The molecule has 1 N–H and O–H groups in total. The van der Waals surface area contributed by atoms with Gasteiger partial charge in [-0.05, 0) is 30.7 Å². The Labute approximate surface area is 155 Å². The summed E-state index contributed by atoms with van der Waals surface area (Å²) in [6.07, 6.45) is 7.73. The van der Waals surface area contributed by atoms with Crippen molar-refractivity contribution >= 4 is 5.97 Å². The fourth-order valence-corrected chi connectivity index (χ4v) is 3.64. The molecule has 1 heterocycles. The second-order valence-corrected chi connectivity index (χ2v) is 7.07. The summed E-state index contributed by atoms with van der Waals surface area (Å²) in [5, 5.41) is 10.2. The smallest absolute Gasteiger partial charge is 0.306 e. The van der Waals surface area contributed by atoms with Crippen molar-refractivity contribution in [2.45, 2.75) is 57.0 Å². The molecule has 0 bridgehead atoms. The van der Waals surface area contributed by atoms with Crippen LogP contribution in [0.3, 0.4) is 0 Å². The van der Waals surface area contributed by atoms with Gasteiger partial charge in [-0.1, -0.05) is 42.5 Å². The summed E-state index contributed by atoms with van der Waals surface area (Å²) in [7, 11) is 0. The van der Waals surface area contributed by atoms with Crippen LogP contribution in [-0.2, 0) is 25.6 Å². The van der Waals surface area contributed by atoms with E-state index in [1.54, 1.807) is 0 Å². The van der Waals surface area contributed by atoms with Crippen molar-refractivity contribution in [3.63, 3.8) is 0 Å². The molecule has 142 valence electrons. The average Bonchev–Trinajstić information content (AvgIpc) is 3.11. The number of aliphatic hydroxyl groups is 1. The molecule has 1 saturated carbocycles. The summed E-state index contributed by atoms with van der Waals surface area (Å²) >= 11 is 0. The molecule has 1 aliphatic carbocycles. The number of hydrogen-bond acceptors (Lipinski definition) is 5. The van der Waals surface area contributed by atoms with Gasteiger partial charge in [0.25, 0.3) is 0 Å². The van der Waals surface area contributed by atoms with Gasteiger partial charge in [0, 0.05) is 19.3 Å². The van der Waals surface area contributed by atoms with E-state index < -0.39 is 5.79 Å². The molecule has 1 aliphatic heterocycles. The summed E-state index contributed by atoms with van der Waals surface area (Å²) in [6.45, 7) is 1.60. The molecule has 1 spiro atoms. The second-order valence-electron chi connectivity index (χ2n) is 7.07. The third-order valence-corrected chi connectivity index (χ3v) is 5.12.